The normalized spacial score (nSPS) is 22.5. The Labute approximate surface area is 182 Å². The van der Waals surface area contributed by atoms with E-state index in [1.54, 1.807) is 12.1 Å². The molecule has 1 aromatic heterocycles. The third-order valence-corrected chi connectivity index (χ3v) is 5.98. The number of cyclic esters (lactones) is 1. The highest BCUT2D eigenvalue weighted by atomic mass is 19.1. The van der Waals surface area contributed by atoms with E-state index in [1.807, 2.05) is 4.90 Å². The van der Waals surface area contributed by atoms with Gasteiger partial charge in [-0.3, -0.25) is 9.69 Å². The number of carbonyl (C=O) groups is 2. The summed E-state index contributed by atoms with van der Waals surface area (Å²) < 4.78 is 33.2. The van der Waals surface area contributed by atoms with E-state index in [0.717, 1.165) is 0 Å². The number of anilines is 2. The molecule has 2 aromatic rings. The molecule has 11 nitrogen and oxygen atoms in total. The van der Waals surface area contributed by atoms with Crippen LogP contribution in [0.25, 0.3) is 0 Å². The zero-order chi connectivity index (χ0) is 22.3. The molecule has 170 valence electrons. The Balaban J connectivity index is 1.23. The van der Waals surface area contributed by atoms with Crippen LogP contribution in [0.3, 0.4) is 0 Å². The first-order chi connectivity index (χ1) is 15.4. The second-order valence-corrected chi connectivity index (χ2v) is 8.04. The van der Waals surface area contributed by atoms with Crippen LogP contribution in [0.1, 0.15) is 23.3 Å². The van der Waals surface area contributed by atoms with Gasteiger partial charge in [0.15, 0.2) is 11.5 Å². The van der Waals surface area contributed by atoms with Gasteiger partial charge in [-0.05, 0) is 18.2 Å². The zero-order valence-electron chi connectivity index (χ0n) is 17.3. The highest BCUT2D eigenvalue weighted by Crippen LogP contribution is 2.35. The summed E-state index contributed by atoms with van der Waals surface area (Å²) in [5.41, 5.74) is 6.08. The Hall–Kier alpha value is -3.25. The molecular weight excluding hydrogens is 423 g/mol. The standard InChI is InChI=1S/C20H23FN6O5/c21-15-9-13(1-2-17(15)25-5-3-20(4-6-25)30-7-8-31-20)27-11-14(32-19(27)29)10-26-12-16(18(22)28)23-24-26/h1-2,9,12,14H,3-8,10-11H2,(H2,22,28)/t14-/m1/s1. The van der Waals surface area contributed by atoms with Crippen LogP contribution in [0, 0.1) is 5.82 Å². The van der Waals surface area contributed by atoms with E-state index >= 15 is 0 Å². The van der Waals surface area contributed by atoms with Crippen molar-refractivity contribution in [2.45, 2.75) is 31.3 Å². The molecule has 3 saturated heterocycles. The molecule has 2 N–H and O–H groups in total. The average molecular weight is 446 g/mol. The monoisotopic (exact) mass is 446 g/mol. The van der Waals surface area contributed by atoms with Crippen LogP contribution in [-0.4, -0.2) is 71.7 Å². The lowest BCUT2D eigenvalue weighted by atomic mass is 10.0. The van der Waals surface area contributed by atoms with Crippen molar-refractivity contribution >= 4 is 23.4 Å². The lowest BCUT2D eigenvalue weighted by molar-refractivity contribution is -0.169. The number of rotatable bonds is 5. The fourth-order valence-electron chi connectivity index (χ4n) is 4.33. The Kier molecular flexibility index (Phi) is 5.18. The molecule has 0 bridgehead atoms. The largest absolute Gasteiger partial charge is 0.442 e. The summed E-state index contributed by atoms with van der Waals surface area (Å²) in [6, 6.07) is 4.72. The van der Waals surface area contributed by atoms with Crippen molar-refractivity contribution in [3.05, 3.63) is 35.9 Å². The van der Waals surface area contributed by atoms with Gasteiger partial charge in [-0.25, -0.2) is 13.9 Å². The number of hydrogen-bond acceptors (Lipinski definition) is 8. The summed E-state index contributed by atoms with van der Waals surface area (Å²) in [7, 11) is 0. The van der Waals surface area contributed by atoms with Gasteiger partial charge in [-0.1, -0.05) is 5.21 Å². The smallest absolute Gasteiger partial charge is 0.414 e. The van der Waals surface area contributed by atoms with E-state index in [1.165, 1.54) is 21.8 Å². The van der Waals surface area contributed by atoms with Gasteiger partial charge < -0.3 is 24.8 Å². The molecule has 1 spiro atoms. The fourth-order valence-corrected chi connectivity index (χ4v) is 4.33. The minimum atomic E-state index is -0.691. The van der Waals surface area contributed by atoms with Gasteiger partial charge in [0, 0.05) is 25.9 Å². The predicted molar refractivity (Wildman–Crippen MR) is 109 cm³/mol. The summed E-state index contributed by atoms with van der Waals surface area (Å²) in [5.74, 6) is -1.63. The first-order valence-electron chi connectivity index (χ1n) is 10.4. The minimum absolute atomic E-state index is 0.0264. The molecule has 3 aliphatic heterocycles. The topological polar surface area (TPSA) is 125 Å². The number of primary amides is 1. The summed E-state index contributed by atoms with van der Waals surface area (Å²) in [6.07, 6.45) is 1.63. The maximum atomic E-state index is 15.0. The van der Waals surface area contributed by atoms with E-state index < -0.39 is 29.7 Å². The van der Waals surface area contributed by atoms with Gasteiger partial charge >= 0.3 is 6.09 Å². The molecule has 0 aliphatic carbocycles. The third-order valence-electron chi connectivity index (χ3n) is 5.98. The molecule has 4 heterocycles. The van der Waals surface area contributed by atoms with Crippen LogP contribution in [0.15, 0.2) is 24.4 Å². The molecule has 0 unspecified atom stereocenters. The molecule has 3 aliphatic rings. The first kappa shape index (κ1) is 20.6. The number of nitrogens with zero attached hydrogens (tertiary/aromatic N) is 5. The van der Waals surface area contributed by atoms with E-state index in [4.69, 9.17) is 19.9 Å². The number of nitrogens with two attached hydrogens (primary N) is 1. The third kappa shape index (κ3) is 3.86. The number of benzene rings is 1. The fraction of sp³-hybridized carbons (Fsp3) is 0.500. The lowest BCUT2D eigenvalue weighted by Gasteiger charge is -2.38. The summed E-state index contributed by atoms with van der Waals surface area (Å²) >= 11 is 0. The maximum absolute atomic E-state index is 15.0. The van der Waals surface area contributed by atoms with E-state index in [0.29, 0.717) is 50.5 Å². The van der Waals surface area contributed by atoms with E-state index in [9.17, 15) is 14.0 Å². The number of carbonyl (C=O) groups excluding carboxylic acids is 2. The SMILES string of the molecule is NC(=O)c1cn(C[C@@H]2CN(c3ccc(N4CCC5(CC4)OCCO5)c(F)c3)C(=O)O2)nn1. The molecule has 2 amide bonds. The van der Waals surface area contributed by atoms with Crippen molar-refractivity contribution in [2.75, 3.05) is 42.6 Å². The first-order valence-corrected chi connectivity index (χ1v) is 10.4. The van der Waals surface area contributed by atoms with Crippen molar-refractivity contribution < 1.29 is 28.2 Å². The Morgan fingerprint density at radius 2 is 2.00 bits per heavy atom. The second-order valence-electron chi connectivity index (χ2n) is 8.04. The van der Waals surface area contributed by atoms with Gasteiger partial charge in [0.2, 0.25) is 0 Å². The minimum Gasteiger partial charge on any atom is -0.442 e. The van der Waals surface area contributed by atoms with Crippen LogP contribution in [0.2, 0.25) is 0 Å². The van der Waals surface area contributed by atoms with Gasteiger partial charge in [0.1, 0.15) is 11.9 Å². The summed E-state index contributed by atoms with van der Waals surface area (Å²) in [6.45, 7) is 2.84. The van der Waals surface area contributed by atoms with Crippen molar-refractivity contribution in [3.63, 3.8) is 0 Å². The Bertz CT molecular complexity index is 1030. The van der Waals surface area contributed by atoms with Crippen molar-refractivity contribution in [1.29, 1.82) is 0 Å². The van der Waals surface area contributed by atoms with Crippen molar-refractivity contribution in [2.24, 2.45) is 5.73 Å². The van der Waals surface area contributed by atoms with Crippen LogP contribution in [-0.2, 0) is 20.8 Å². The quantitative estimate of drug-likeness (QED) is 0.718. The van der Waals surface area contributed by atoms with E-state index in [2.05, 4.69) is 10.3 Å². The second kappa shape index (κ2) is 8.02. The van der Waals surface area contributed by atoms with Crippen LogP contribution < -0.4 is 15.5 Å². The number of halogens is 1. The average Bonchev–Trinajstić information content (AvgIpc) is 3.50. The molecule has 1 aromatic carbocycles. The molecule has 32 heavy (non-hydrogen) atoms. The van der Waals surface area contributed by atoms with Crippen LogP contribution in [0.5, 0.6) is 0 Å². The predicted octanol–water partition coefficient (Wildman–Crippen LogP) is 0.885. The summed E-state index contributed by atoms with van der Waals surface area (Å²) in [5, 5.41) is 7.46. The Morgan fingerprint density at radius 1 is 1.25 bits per heavy atom. The molecule has 1 atom stereocenters. The number of amides is 2. The number of ether oxygens (including phenoxy) is 3. The van der Waals surface area contributed by atoms with Crippen LogP contribution in [0.4, 0.5) is 20.6 Å². The maximum Gasteiger partial charge on any atom is 0.414 e. The molecule has 3 fully saturated rings. The summed E-state index contributed by atoms with van der Waals surface area (Å²) in [4.78, 5) is 26.8. The molecule has 12 heteroatoms. The number of hydrogen-bond donors (Lipinski definition) is 1. The number of aromatic nitrogens is 3. The van der Waals surface area contributed by atoms with Gasteiger partial charge in [0.05, 0.1) is 43.9 Å². The van der Waals surface area contributed by atoms with Crippen molar-refractivity contribution in [1.82, 2.24) is 15.0 Å². The zero-order valence-corrected chi connectivity index (χ0v) is 17.3. The molecule has 0 saturated carbocycles. The van der Waals surface area contributed by atoms with E-state index in [-0.39, 0.29) is 18.8 Å². The van der Waals surface area contributed by atoms with Gasteiger partial charge in [-0.2, -0.15) is 0 Å². The van der Waals surface area contributed by atoms with Gasteiger partial charge in [-0.15, -0.1) is 5.10 Å². The highest BCUT2D eigenvalue weighted by Gasteiger charge is 2.40. The Morgan fingerprint density at radius 3 is 2.66 bits per heavy atom. The van der Waals surface area contributed by atoms with Gasteiger partial charge in [0.25, 0.3) is 5.91 Å². The molecule has 0 radical (unpaired) electrons. The number of piperidine rings is 1. The molecular formula is C20H23FN6O5. The van der Waals surface area contributed by atoms with Crippen molar-refractivity contribution in [3.8, 4) is 0 Å². The van der Waals surface area contributed by atoms with Crippen LogP contribution >= 0.6 is 0 Å². The highest BCUT2D eigenvalue weighted by molar-refractivity contribution is 5.90. The lowest BCUT2D eigenvalue weighted by Crippen LogP contribution is -2.45. The molecule has 5 rings (SSSR count).